The van der Waals surface area contributed by atoms with Crippen molar-refractivity contribution < 1.29 is 9.66 Å². The second kappa shape index (κ2) is 5.01. The van der Waals surface area contributed by atoms with Gasteiger partial charge in [-0.3, -0.25) is 10.1 Å². The van der Waals surface area contributed by atoms with E-state index in [0.29, 0.717) is 10.2 Å². The number of rotatable bonds is 3. The molecule has 1 aromatic rings. The van der Waals surface area contributed by atoms with Crippen LogP contribution in [-0.2, 0) is 0 Å². The molecular formula is C11H13BrN2O3. The highest BCUT2D eigenvalue weighted by Gasteiger charge is 2.24. The van der Waals surface area contributed by atoms with Crippen molar-refractivity contribution in [1.82, 2.24) is 5.32 Å². The first-order valence-electron chi connectivity index (χ1n) is 5.40. The molecule has 5 nitrogen and oxygen atoms in total. The number of nitro benzene ring substituents is 1. The van der Waals surface area contributed by atoms with Gasteiger partial charge in [-0.25, -0.2) is 0 Å². The van der Waals surface area contributed by atoms with Crippen molar-refractivity contribution in [2.45, 2.75) is 19.4 Å². The Morgan fingerprint density at radius 3 is 2.94 bits per heavy atom. The van der Waals surface area contributed by atoms with Gasteiger partial charge in [0.1, 0.15) is 6.10 Å². The Kier molecular flexibility index (Phi) is 3.63. The Balaban J connectivity index is 2.33. The smallest absolute Gasteiger partial charge is 0.312 e. The zero-order chi connectivity index (χ0) is 12.4. The van der Waals surface area contributed by atoms with Gasteiger partial charge in [-0.2, -0.15) is 0 Å². The van der Waals surface area contributed by atoms with Crippen molar-refractivity contribution in [2.75, 3.05) is 13.1 Å². The van der Waals surface area contributed by atoms with Gasteiger partial charge in [0.2, 0.25) is 0 Å². The van der Waals surface area contributed by atoms with Crippen LogP contribution in [0.15, 0.2) is 16.6 Å². The molecule has 92 valence electrons. The lowest BCUT2D eigenvalue weighted by molar-refractivity contribution is -0.386. The van der Waals surface area contributed by atoms with Crippen LogP contribution in [0, 0.1) is 17.0 Å². The number of hydrogen-bond donors (Lipinski definition) is 1. The second-order valence-electron chi connectivity index (χ2n) is 4.06. The summed E-state index contributed by atoms with van der Waals surface area (Å²) >= 11 is 3.26. The number of nitrogens with one attached hydrogen (secondary N) is 1. The normalized spacial score (nSPS) is 19.3. The number of nitro groups is 1. The fourth-order valence-corrected chi connectivity index (χ4v) is 2.46. The molecule has 1 heterocycles. The van der Waals surface area contributed by atoms with E-state index in [-0.39, 0.29) is 11.8 Å². The van der Waals surface area contributed by atoms with Crippen molar-refractivity contribution in [3.05, 3.63) is 32.3 Å². The molecule has 0 amide bonds. The van der Waals surface area contributed by atoms with E-state index < -0.39 is 4.92 Å². The first-order valence-corrected chi connectivity index (χ1v) is 6.19. The molecule has 0 radical (unpaired) electrons. The molecule has 0 spiro atoms. The molecule has 2 rings (SSSR count). The number of halogens is 1. The molecule has 0 unspecified atom stereocenters. The third-order valence-electron chi connectivity index (χ3n) is 2.72. The van der Waals surface area contributed by atoms with E-state index >= 15 is 0 Å². The Morgan fingerprint density at radius 2 is 2.35 bits per heavy atom. The summed E-state index contributed by atoms with van der Waals surface area (Å²) in [5, 5.41) is 14.2. The van der Waals surface area contributed by atoms with E-state index in [1.807, 2.05) is 13.0 Å². The van der Waals surface area contributed by atoms with Crippen LogP contribution in [0.4, 0.5) is 5.69 Å². The molecule has 0 aliphatic carbocycles. The predicted molar refractivity (Wildman–Crippen MR) is 67.4 cm³/mol. The van der Waals surface area contributed by atoms with Gasteiger partial charge in [0.15, 0.2) is 5.75 Å². The third-order valence-corrected chi connectivity index (χ3v) is 3.17. The van der Waals surface area contributed by atoms with Crippen LogP contribution in [-0.4, -0.2) is 24.1 Å². The molecule has 1 aliphatic heterocycles. The minimum absolute atomic E-state index is 0.0174. The predicted octanol–water partition coefficient (Wildman–Crippen LogP) is 2.41. The lowest BCUT2D eigenvalue weighted by Gasteiger charge is -2.14. The highest BCUT2D eigenvalue weighted by atomic mass is 79.9. The molecule has 1 aromatic carbocycles. The van der Waals surface area contributed by atoms with E-state index in [0.717, 1.165) is 25.1 Å². The SMILES string of the molecule is Cc1cc(Br)cc([N+](=O)[O-])c1O[C@H]1CCNC1. The quantitative estimate of drug-likeness (QED) is 0.688. The van der Waals surface area contributed by atoms with Crippen molar-refractivity contribution in [3.63, 3.8) is 0 Å². The summed E-state index contributed by atoms with van der Waals surface area (Å²) in [5.41, 5.74) is 0.793. The first-order chi connectivity index (χ1) is 8.08. The average Bonchev–Trinajstić information content (AvgIpc) is 2.74. The van der Waals surface area contributed by atoms with E-state index in [1.165, 1.54) is 6.07 Å². The number of ether oxygens (including phenoxy) is 1. The molecule has 0 saturated carbocycles. The summed E-state index contributed by atoms with van der Waals surface area (Å²) in [6.07, 6.45) is 0.903. The van der Waals surface area contributed by atoms with Gasteiger partial charge < -0.3 is 10.1 Å². The minimum atomic E-state index is -0.407. The van der Waals surface area contributed by atoms with Gasteiger partial charge in [-0.05, 0) is 31.5 Å². The zero-order valence-electron chi connectivity index (χ0n) is 9.40. The number of nitrogens with zero attached hydrogens (tertiary/aromatic N) is 1. The molecule has 1 N–H and O–H groups in total. The van der Waals surface area contributed by atoms with Crippen LogP contribution in [0.5, 0.6) is 5.75 Å². The van der Waals surface area contributed by atoms with Gasteiger partial charge in [0.25, 0.3) is 0 Å². The third kappa shape index (κ3) is 2.76. The van der Waals surface area contributed by atoms with Crippen molar-refractivity contribution in [1.29, 1.82) is 0 Å². The minimum Gasteiger partial charge on any atom is -0.482 e. The van der Waals surface area contributed by atoms with Crippen LogP contribution < -0.4 is 10.1 Å². The highest BCUT2D eigenvalue weighted by molar-refractivity contribution is 9.10. The van der Waals surface area contributed by atoms with Crippen molar-refractivity contribution >= 4 is 21.6 Å². The summed E-state index contributed by atoms with van der Waals surface area (Å²) in [7, 11) is 0. The second-order valence-corrected chi connectivity index (χ2v) is 4.98. The lowest BCUT2D eigenvalue weighted by Crippen LogP contribution is -2.20. The highest BCUT2D eigenvalue weighted by Crippen LogP contribution is 2.35. The fraction of sp³-hybridized carbons (Fsp3) is 0.455. The van der Waals surface area contributed by atoms with E-state index in [2.05, 4.69) is 21.2 Å². The van der Waals surface area contributed by atoms with E-state index in [1.54, 1.807) is 0 Å². The summed E-state index contributed by atoms with van der Waals surface area (Å²) in [4.78, 5) is 10.6. The van der Waals surface area contributed by atoms with Gasteiger partial charge in [0.05, 0.1) is 4.92 Å². The lowest BCUT2D eigenvalue weighted by atomic mass is 10.2. The molecule has 1 atom stereocenters. The van der Waals surface area contributed by atoms with Crippen molar-refractivity contribution in [3.8, 4) is 5.75 Å². The van der Waals surface area contributed by atoms with E-state index in [4.69, 9.17) is 4.74 Å². The van der Waals surface area contributed by atoms with Crippen molar-refractivity contribution in [2.24, 2.45) is 0 Å². The average molecular weight is 301 g/mol. The number of hydrogen-bond acceptors (Lipinski definition) is 4. The summed E-state index contributed by atoms with van der Waals surface area (Å²) in [6, 6.07) is 3.30. The fourth-order valence-electron chi connectivity index (χ4n) is 1.90. The molecule has 0 aromatic heterocycles. The van der Waals surface area contributed by atoms with Gasteiger partial charge in [0, 0.05) is 17.1 Å². The van der Waals surface area contributed by atoms with E-state index in [9.17, 15) is 10.1 Å². The largest absolute Gasteiger partial charge is 0.482 e. The Labute approximate surface area is 107 Å². The zero-order valence-corrected chi connectivity index (χ0v) is 11.0. The number of aryl methyl sites for hydroxylation is 1. The van der Waals surface area contributed by atoms with Gasteiger partial charge >= 0.3 is 5.69 Å². The topological polar surface area (TPSA) is 64.4 Å². The maximum Gasteiger partial charge on any atom is 0.312 e. The van der Waals surface area contributed by atoms with Gasteiger partial charge in [-0.1, -0.05) is 15.9 Å². The monoisotopic (exact) mass is 300 g/mol. The molecule has 6 heteroatoms. The van der Waals surface area contributed by atoms with Crippen LogP contribution >= 0.6 is 15.9 Å². The molecule has 17 heavy (non-hydrogen) atoms. The maximum absolute atomic E-state index is 11.0. The summed E-state index contributed by atoms with van der Waals surface area (Å²) < 4.78 is 6.42. The Morgan fingerprint density at radius 1 is 1.59 bits per heavy atom. The van der Waals surface area contributed by atoms with Crippen LogP contribution in [0.1, 0.15) is 12.0 Å². The Hall–Kier alpha value is -1.14. The van der Waals surface area contributed by atoms with Crippen LogP contribution in [0.3, 0.4) is 0 Å². The Bertz CT molecular complexity index is 445. The van der Waals surface area contributed by atoms with Crippen LogP contribution in [0.2, 0.25) is 0 Å². The molecular weight excluding hydrogens is 288 g/mol. The molecule has 1 fully saturated rings. The maximum atomic E-state index is 11.0. The molecule has 0 bridgehead atoms. The summed E-state index contributed by atoms with van der Waals surface area (Å²) in [5.74, 6) is 0.381. The molecule has 1 saturated heterocycles. The number of benzene rings is 1. The standard InChI is InChI=1S/C11H13BrN2O3/c1-7-4-8(12)5-10(14(15)16)11(7)17-9-2-3-13-6-9/h4-5,9,13H,2-3,6H2,1H3/t9-/m0/s1. The van der Waals surface area contributed by atoms with Gasteiger partial charge in [-0.15, -0.1) is 0 Å². The molecule has 1 aliphatic rings. The van der Waals surface area contributed by atoms with Crippen LogP contribution in [0.25, 0.3) is 0 Å². The summed E-state index contributed by atoms with van der Waals surface area (Å²) in [6.45, 7) is 3.45. The first kappa shape index (κ1) is 12.3.